The minimum absolute atomic E-state index is 0.155. The lowest BCUT2D eigenvalue weighted by Crippen LogP contribution is -2.52. The van der Waals surface area contributed by atoms with E-state index in [-0.39, 0.29) is 6.03 Å². The summed E-state index contributed by atoms with van der Waals surface area (Å²) in [4.78, 5) is 14.1. The molecular weight excluding hydrogens is 346 g/mol. The molecular formula is C16H19N3O3S2. The van der Waals surface area contributed by atoms with Crippen LogP contribution >= 0.6 is 11.3 Å². The molecule has 6 nitrogen and oxygen atoms in total. The van der Waals surface area contributed by atoms with E-state index in [1.165, 1.54) is 4.31 Å². The number of urea groups is 1. The predicted molar refractivity (Wildman–Crippen MR) is 93.3 cm³/mol. The van der Waals surface area contributed by atoms with Crippen LogP contribution in [0.4, 0.5) is 4.79 Å². The first-order valence-corrected chi connectivity index (χ1v) is 10.0. The maximum atomic E-state index is 12.6. The van der Waals surface area contributed by atoms with Crippen molar-refractivity contribution in [3.63, 3.8) is 0 Å². The Kier molecular flexibility index (Phi) is 5.17. The molecule has 128 valence electrons. The van der Waals surface area contributed by atoms with Crippen molar-refractivity contribution in [1.29, 1.82) is 0 Å². The van der Waals surface area contributed by atoms with Gasteiger partial charge in [0.15, 0.2) is 0 Å². The van der Waals surface area contributed by atoms with Crippen LogP contribution in [0.5, 0.6) is 0 Å². The number of carbonyl (C=O) groups is 1. The summed E-state index contributed by atoms with van der Waals surface area (Å²) in [5, 5.41) is 6.82. The van der Waals surface area contributed by atoms with E-state index in [9.17, 15) is 13.2 Å². The van der Waals surface area contributed by atoms with Gasteiger partial charge in [0, 0.05) is 32.7 Å². The van der Waals surface area contributed by atoms with Crippen molar-refractivity contribution in [3.05, 3.63) is 52.7 Å². The molecule has 0 saturated carbocycles. The van der Waals surface area contributed by atoms with Gasteiger partial charge in [-0.15, -0.1) is 0 Å². The molecule has 0 unspecified atom stereocenters. The van der Waals surface area contributed by atoms with Gasteiger partial charge in [0.05, 0.1) is 4.90 Å². The fourth-order valence-electron chi connectivity index (χ4n) is 2.56. The largest absolute Gasteiger partial charge is 0.334 e. The number of hydrogen-bond donors (Lipinski definition) is 1. The van der Waals surface area contributed by atoms with Crippen LogP contribution in [-0.4, -0.2) is 49.8 Å². The van der Waals surface area contributed by atoms with E-state index in [4.69, 9.17) is 0 Å². The molecule has 1 aromatic heterocycles. The number of benzene rings is 1. The summed E-state index contributed by atoms with van der Waals surface area (Å²) >= 11 is 1.59. The maximum absolute atomic E-state index is 12.6. The summed E-state index contributed by atoms with van der Waals surface area (Å²) in [6.45, 7) is 1.89. The van der Waals surface area contributed by atoms with E-state index >= 15 is 0 Å². The van der Waals surface area contributed by atoms with Gasteiger partial charge in [-0.1, -0.05) is 18.2 Å². The van der Waals surface area contributed by atoms with Gasteiger partial charge in [-0.25, -0.2) is 13.2 Å². The molecule has 1 aliphatic heterocycles. The van der Waals surface area contributed by atoms with Crippen LogP contribution < -0.4 is 5.32 Å². The van der Waals surface area contributed by atoms with Crippen LogP contribution in [0.1, 0.15) is 5.56 Å². The third-order valence-corrected chi connectivity index (χ3v) is 6.58. The Labute approximate surface area is 145 Å². The highest BCUT2D eigenvalue weighted by Crippen LogP contribution is 2.17. The number of piperazine rings is 1. The number of amides is 2. The third kappa shape index (κ3) is 3.77. The highest BCUT2D eigenvalue weighted by molar-refractivity contribution is 7.89. The van der Waals surface area contributed by atoms with Crippen LogP contribution in [-0.2, 0) is 16.6 Å². The van der Waals surface area contributed by atoms with E-state index in [1.807, 2.05) is 16.8 Å². The highest BCUT2D eigenvalue weighted by Gasteiger charge is 2.29. The summed E-state index contributed by atoms with van der Waals surface area (Å²) in [7, 11) is -3.48. The zero-order valence-corrected chi connectivity index (χ0v) is 14.7. The average Bonchev–Trinajstić information content (AvgIpc) is 3.14. The Morgan fingerprint density at radius 3 is 2.42 bits per heavy atom. The predicted octanol–water partition coefficient (Wildman–Crippen LogP) is 1.96. The Morgan fingerprint density at radius 1 is 1.08 bits per heavy atom. The topological polar surface area (TPSA) is 69.7 Å². The van der Waals surface area contributed by atoms with Crippen LogP contribution in [0.2, 0.25) is 0 Å². The first kappa shape index (κ1) is 16.9. The SMILES string of the molecule is O=C(NCc1ccsc1)N1CCN(S(=O)(=O)c2ccccc2)CC1. The summed E-state index contributed by atoms with van der Waals surface area (Å²) in [6.07, 6.45) is 0. The lowest BCUT2D eigenvalue weighted by molar-refractivity contribution is 0.172. The fourth-order valence-corrected chi connectivity index (χ4v) is 4.67. The Hall–Kier alpha value is -1.90. The molecule has 24 heavy (non-hydrogen) atoms. The standard InChI is InChI=1S/C16H19N3O3S2/c20-16(17-12-14-6-11-23-13-14)18-7-9-19(10-8-18)24(21,22)15-4-2-1-3-5-15/h1-6,11,13H,7-10,12H2,(H,17,20). The van der Waals surface area contributed by atoms with E-state index in [2.05, 4.69) is 5.32 Å². The van der Waals surface area contributed by atoms with Crippen molar-refractivity contribution in [1.82, 2.24) is 14.5 Å². The average molecular weight is 365 g/mol. The van der Waals surface area contributed by atoms with Gasteiger partial charge in [0.2, 0.25) is 10.0 Å². The van der Waals surface area contributed by atoms with Gasteiger partial charge in [-0.2, -0.15) is 15.6 Å². The molecule has 0 spiro atoms. The van der Waals surface area contributed by atoms with Gasteiger partial charge >= 0.3 is 6.03 Å². The zero-order valence-electron chi connectivity index (χ0n) is 13.1. The van der Waals surface area contributed by atoms with Crippen LogP contribution in [0, 0.1) is 0 Å². The summed E-state index contributed by atoms with van der Waals surface area (Å²) in [5.41, 5.74) is 1.07. The second-order valence-corrected chi connectivity index (χ2v) is 8.21. The molecule has 2 aromatic rings. The zero-order chi connectivity index (χ0) is 17.0. The molecule has 0 atom stereocenters. The molecule has 2 amide bonds. The Bertz CT molecular complexity index is 768. The summed E-state index contributed by atoms with van der Waals surface area (Å²) in [5.74, 6) is 0. The molecule has 1 N–H and O–H groups in total. The molecule has 3 rings (SSSR count). The Balaban J connectivity index is 1.54. The molecule has 1 aliphatic rings. The number of carbonyl (C=O) groups excluding carboxylic acids is 1. The molecule has 0 radical (unpaired) electrons. The number of sulfonamides is 1. The van der Waals surface area contributed by atoms with Crippen LogP contribution in [0.15, 0.2) is 52.1 Å². The lowest BCUT2D eigenvalue weighted by atomic mass is 10.3. The van der Waals surface area contributed by atoms with Gasteiger partial charge in [-0.05, 0) is 34.5 Å². The molecule has 2 heterocycles. The van der Waals surface area contributed by atoms with Crippen molar-refractivity contribution in [2.24, 2.45) is 0 Å². The number of rotatable bonds is 4. The number of thiophene rings is 1. The molecule has 1 fully saturated rings. The molecule has 0 bridgehead atoms. The number of hydrogen-bond acceptors (Lipinski definition) is 4. The van der Waals surface area contributed by atoms with Gasteiger partial charge in [0.25, 0.3) is 0 Å². The van der Waals surface area contributed by atoms with E-state index in [0.29, 0.717) is 37.6 Å². The van der Waals surface area contributed by atoms with Gasteiger partial charge in [-0.3, -0.25) is 0 Å². The summed E-state index contributed by atoms with van der Waals surface area (Å²) < 4.78 is 26.5. The van der Waals surface area contributed by atoms with Crippen molar-refractivity contribution in [2.75, 3.05) is 26.2 Å². The number of nitrogens with zero attached hydrogens (tertiary/aromatic N) is 2. The molecule has 1 aromatic carbocycles. The first-order chi connectivity index (χ1) is 11.6. The first-order valence-electron chi connectivity index (χ1n) is 7.66. The van der Waals surface area contributed by atoms with Crippen molar-refractivity contribution >= 4 is 27.4 Å². The fraction of sp³-hybridized carbons (Fsp3) is 0.312. The maximum Gasteiger partial charge on any atom is 0.317 e. The second-order valence-electron chi connectivity index (χ2n) is 5.49. The van der Waals surface area contributed by atoms with Crippen molar-refractivity contribution < 1.29 is 13.2 Å². The molecule has 1 saturated heterocycles. The lowest BCUT2D eigenvalue weighted by Gasteiger charge is -2.34. The van der Waals surface area contributed by atoms with Crippen molar-refractivity contribution in [3.8, 4) is 0 Å². The highest BCUT2D eigenvalue weighted by atomic mass is 32.2. The minimum atomic E-state index is -3.48. The van der Waals surface area contributed by atoms with Crippen LogP contribution in [0.25, 0.3) is 0 Å². The van der Waals surface area contributed by atoms with Gasteiger partial charge in [0.1, 0.15) is 0 Å². The van der Waals surface area contributed by atoms with Crippen LogP contribution in [0.3, 0.4) is 0 Å². The minimum Gasteiger partial charge on any atom is -0.334 e. The van der Waals surface area contributed by atoms with Gasteiger partial charge < -0.3 is 10.2 Å². The van der Waals surface area contributed by atoms with Crippen molar-refractivity contribution in [2.45, 2.75) is 11.4 Å². The van der Waals surface area contributed by atoms with E-state index in [0.717, 1.165) is 5.56 Å². The quantitative estimate of drug-likeness (QED) is 0.900. The second kappa shape index (κ2) is 7.33. The smallest absolute Gasteiger partial charge is 0.317 e. The Morgan fingerprint density at radius 2 is 1.79 bits per heavy atom. The monoisotopic (exact) mass is 365 g/mol. The van der Waals surface area contributed by atoms with E-state index in [1.54, 1.807) is 46.6 Å². The van der Waals surface area contributed by atoms with E-state index < -0.39 is 10.0 Å². The molecule has 0 aliphatic carbocycles. The summed E-state index contributed by atoms with van der Waals surface area (Å²) in [6, 6.07) is 10.2. The third-order valence-electron chi connectivity index (χ3n) is 3.93. The number of nitrogens with one attached hydrogen (secondary N) is 1. The normalized spacial score (nSPS) is 16.1. The molecule has 8 heteroatoms.